The molecule has 6 heteroatoms. The van der Waals surface area contributed by atoms with Crippen LogP contribution in [0.5, 0.6) is 0 Å². The van der Waals surface area contributed by atoms with Gasteiger partial charge < -0.3 is 5.73 Å². The molecule has 20 heavy (non-hydrogen) atoms. The van der Waals surface area contributed by atoms with Crippen molar-refractivity contribution in [3.8, 4) is 5.13 Å². The Labute approximate surface area is 135 Å². The van der Waals surface area contributed by atoms with E-state index in [2.05, 4.69) is 59.5 Å². The minimum Gasteiger partial charge on any atom is -0.383 e. The van der Waals surface area contributed by atoms with Crippen molar-refractivity contribution in [3.05, 3.63) is 33.5 Å². The summed E-state index contributed by atoms with van der Waals surface area (Å²) in [6.07, 6.45) is 0. The summed E-state index contributed by atoms with van der Waals surface area (Å²) in [5, 5.41) is 5.49. The van der Waals surface area contributed by atoms with Crippen molar-refractivity contribution in [2.45, 2.75) is 26.2 Å². The molecule has 4 nitrogen and oxygen atoms in total. The van der Waals surface area contributed by atoms with Gasteiger partial charge in [0.15, 0.2) is 0 Å². The van der Waals surface area contributed by atoms with Crippen LogP contribution in [-0.2, 0) is 5.41 Å². The molecule has 3 rings (SSSR count). The van der Waals surface area contributed by atoms with Crippen molar-refractivity contribution in [3.63, 3.8) is 0 Å². The molecule has 0 spiro atoms. The molecule has 0 unspecified atom stereocenters. The Bertz CT molecular complexity index is 749. The molecular formula is C14H15IN4S. The van der Waals surface area contributed by atoms with E-state index in [1.165, 1.54) is 0 Å². The number of nitrogens with zero attached hydrogens (tertiary/aromatic N) is 3. The van der Waals surface area contributed by atoms with Gasteiger partial charge in [-0.2, -0.15) is 9.78 Å². The molecule has 1 aromatic carbocycles. The Balaban J connectivity index is 2.19. The van der Waals surface area contributed by atoms with E-state index in [9.17, 15) is 0 Å². The van der Waals surface area contributed by atoms with Gasteiger partial charge >= 0.3 is 0 Å². The summed E-state index contributed by atoms with van der Waals surface area (Å²) >= 11 is 3.87. The van der Waals surface area contributed by atoms with Gasteiger partial charge in [-0.15, -0.1) is 0 Å². The van der Waals surface area contributed by atoms with Crippen LogP contribution in [0.1, 0.15) is 26.5 Å². The number of fused-ring (bicyclic) bond motifs is 1. The van der Waals surface area contributed by atoms with Gasteiger partial charge in [-0.05, 0) is 34.7 Å². The molecule has 2 heterocycles. The fourth-order valence-corrected chi connectivity index (χ4v) is 4.06. The number of para-hydroxylation sites is 1. The van der Waals surface area contributed by atoms with Crippen molar-refractivity contribution < 1.29 is 0 Å². The van der Waals surface area contributed by atoms with E-state index in [1.54, 1.807) is 16.0 Å². The molecule has 0 radical (unpaired) electrons. The largest absolute Gasteiger partial charge is 0.383 e. The number of aromatic nitrogens is 3. The fourth-order valence-electron chi connectivity index (χ4n) is 1.99. The Morgan fingerprint density at radius 2 is 1.95 bits per heavy atom. The summed E-state index contributed by atoms with van der Waals surface area (Å²) < 4.78 is 3.91. The molecule has 0 aliphatic carbocycles. The Hall–Kier alpha value is -1.15. The van der Waals surface area contributed by atoms with Crippen LogP contribution in [0.3, 0.4) is 0 Å². The summed E-state index contributed by atoms with van der Waals surface area (Å²) in [4.78, 5) is 4.62. The zero-order valence-electron chi connectivity index (χ0n) is 11.5. The molecule has 2 N–H and O–H groups in total. The quantitative estimate of drug-likeness (QED) is 0.632. The third kappa shape index (κ3) is 2.20. The predicted octanol–water partition coefficient (Wildman–Crippen LogP) is 3.97. The van der Waals surface area contributed by atoms with Crippen molar-refractivity contribution in [2.24, 2.45) is 0 Å². The summed E-state index contributed by atoms with van der Waals surface area (Å²) in [6.45, 7) is 6.42. The van der Waals surface area contributed by atoms with Crippen LogP contribution in [0, 0.1) is 3.57 Å². The van der Waals surface area contributed by atoms with E-state index < -0.39 is 0 Å². The van der Waals surface area contributed by atoms with Gasteiger partial charge in [0, 0.05) is 5.41 Å². The van der Waals surface area contributed by atoms with E-state index in [1.807, 2.05) is 18.2 Å². The maximum atomic E-state index is 6.21. The maximum Gasteiger partial charge on any atom is 0.213 e. The number of benzene rings is 1. The molecule has 0 saturated carbocycles. The Morgan fingerprint density at radius 1 is 1.25 bits per heavy atom. The normalized spacial score (nSPS) is 12.2. The van der Waals surface area contributed by atoms with Gasteiger partial charge in [-0.25, -0.2) is 4.98 Å². The number of hydrogen-bond acceptors (Lipinski definition) is 4. The van der Waals surface area contributed by atoms with Crippen LogP contribution in [0.2, 0.25) is 0 Å². The monoisotopic (exact) mass is 398 g/mol. The van der Waals surface area contributed by atoms with Gasteiger partial charge in [-0.1, -0.05) is 44.2 Å². The van der Waals surface area contributed by atoms with Crippen LogP contribution in [0.4, 0.5) is 5.82 Å². The van der Waals surface area contributed by atoms with Gasteiger partial charge in [0.25, 0.3) is 0 Å². The van der Waals surface area contributed by atoms with E-state index >= 15 is 0 Å². The first-order valence-electron chi connectivity index (χ1n) is 6.28. The number of nitrogens with two attached hydrogens (primary N) is 1. The average molecular weight is 398 g/mol. The molecule has 0 atom stereocenters. The molecule has 0 aliphatic heterocycles. The SMILES string of the molecule is CC(C)(C)c1nn(-c2nc3ccccc3s2)c(N)c1I. The highest BCUT2D eigenvalue weighted by Crippen LogP contribution is 2.33. The summed E-state index contributed by atoms with van der Waals surface area (Å²) in [5.74, 6) is 0.662. The van der Waals surface area contributed by atoms with Gasteiger partial charge in [-0.3, -0.25) is 0 Å². The van der Waals surface area contributed by atoms with Crippen molar-refractivity contribution in [1.29, 1.82) is 0 Å². The lowest BCUT2D eigenvalue weighted by atomic mass is 9.92. The van der Waals surface area contributed by atoms with E-state index in [0.717, 1.165) is 24.6 Å². The first kappa shape index (κ1) is 13.8. The Morgan fingerprint density at radius 3 is 2.55 bits per heavy atom. The third-order valence-electron chi connectivity index (χ3n) is 3.04. The minimum absolute atomic E-state index is 0.0351. The highest BCUT2D eigenvalue weighted by Gasteiger charge is 2.25. The fraction of sp³-hybridized carbons (Fsp3) is 0.286. The van der Waals surface area contributed by atoms with E-state index in [4.69, 9.17) is 5.73 Å². The van der Waals surface area contributed by atoms with E-state index in [0.29, 0.717) is 5.82 Å². The number of halogens is 1. The summed E-state index contributed by atoms with van der Waals surface area (Å²) in [5.41, 5.74) is 8.17. The van der Waals surface area contributed by atoms with Crippen molar-refractivity contribution in [2.75, 3.05) is 5.73 Å². The molecule has 0 saturated heterocycles. The second-order valence-corrected chi connectivity index (χ2v) is 7.76. The zero-order chi connectivity index (χ0) is 14.5. The minimum atomic E-state index is -0.0351. The molecule has 0 aliphatic rings. The van der Waals surface area contributed by atoms with Gasteiger partial charge in [0.2, 0.25) is 5.13 Å². The molecule has 3 aromatic rings. The Kier molecular flexibility index (Phi) is 3.24. The second kappa shape index (κ2) is 4.70. The highest BCUT2D eigenvalue weighted by atomic mass is 127. The van der Waals surface area contributed by atoms with Crippen LogP contribution in [0.15, 0.2) is 24.3 Å². The maximum absolute atomic E-state index is 6.21. The number of hydrogen-bond donors (Lipinski definition) is 1. The molecule has 0 amide bonds. The highest BCUT2D eigenvalue weighted by molar-refractivity contribution is 14.1. The number of nitrogen functional groups attached to an aromatic ring is 1. The smallest absolute Gasteiger partial charge is 0.213 e. The molecule has 0 bridgehead atoms. The third-order valence-corrected chi connectivity index (χ3v) is 5.11. The predicted molar refractivity (Wildman–Crippen MR) is 92.6 cm³/mol. The first-order valence-corrected chi connectivity index (χ1v) is 8.18. The topological polar surface area (TPSA) is 56.7 Å². The van der Waals surface area contributed by atoms with Crippen LogP contribution < -0.4 is 5.73 Å². The molecule has 2 aromatic heterocycles. The van der Waals surface area contributed by atoms with Crippen LogP contribution >= 0.6 is 33.9 Å². The standard InChI is InChI=1S/C14H15IN4S/c1-14(2,3)11-10(15)12(16)19(18-11)13-17-8-6-4-5-7-9(8)20-13/h4-7H,16H2,1-3H3. The lowest BCUT2D eigenvalue weighted by molar-refractivity contribution is 0.557. The van der Waals surface area contributed by atoms with Crippen molar-refractivity contribution in [1.82, 2.24) is 14.8 Å². The molecular weight excluding hydrogens is 383 g/mol. The zero-order valence-corrected chi connectivity index (χ0v) is 14.5. The van der Waals surface area contributed by atoms with Crippen LogP contribution in [0.25, 0.3) is 15.3 Å². The van der Waals surface area contributed by atoms with Gasteiger partial charge in [0.1, 0.15) is 5.82 Å². The summed E-state index contributed by atoms with van der Waals surface area (Å²) in [7, 11) is 0. The molecule has 0 fully saturated rings. The second-order valence-electron chi connectivity index (χ2n) is 5.67. The van der Waals surface area contributed by atoms with E-state index in [-0.39, 0.29) is 5.41 Å². The number of anilines is 1. The lowest BCUT2D eigenvalue weighted by Gasteiger charge is -2.15. The first-order chi connectivity index (χ1) is 9.38. The van der Waals surface area contributed by atoms with Gasteiger partial charge in [0.05, 0.1) is 19.5 Å². The number of rotatable bonds is 1. The lowest BCUT2D eigenvalue weighted by Crippen LogP contribution is -2.14. The average Bonchev–Trinajstić information content (AvgIpc) is 2.91. The number of thiazole rings is 1. The van der Waals surface area contributed by atoms with Crippen LogP contribution in [-0.4, -0.2) is 14.8 Å². The molecule has 104 valence electrons. The van der Waals surface area contributed by atoms with Crippen molar-refractivity contribution >= 4 is 50.0 Å². The summed E-state index contributed by atoms with van der Waals surface area (Å²) in [6, 6.07) is 8.07.